The van der Waals surface area contributed by atoms with Crippen LogP contribution in [0.2, 0.25) is 0 Å². The van der Waals surface area contributed by atoms with Crippen molar-refractivity contribution in [2.75, 3.05) is 5.32 Å². The van der Waals surface area contributed by atoms with Gasteiger partial charge in [-0.05, 0) is 40.2 Å². The number of halogens is 5. The standard InChI is InChI=1S/C12H6BrF4NOS/c13-10-3-6(5-20-10)11(19)18-7-1-2-9(14)8(4-7)12(15,16)17/h1-5H,(H,18,19). The highest BCUT2D eigenvalue weighted by molar-refractivity contribution is 9.11. The summed E-state index contributed by atoms with van der Waals surface area (Å²) in [6.07, 6.45) is -4.81. The van der Waals surface area contributed by atoms with E-state index in [1.165, 1.54) is 17.4 Å². The third-order valence-corrected chi connectivity index (χ3v) is 3.86. The van der Waals surface area contributed by atoms with Gasteiger partial charge < -0.3 is 5.32 Å². The summed E-state index contributed by atoms with van der Waals surface area (Å²) in [5.74, 6) is -1.94. The van der Waals surface area contributed by atoms with E-state index in [9.17, 15) is 22.4 Å². The fraction of sp³-hybridized carbons (Fsp3) is 0.0833. The van der Waals surface area contributed by atoms with E-state index >= 15 is 0 Å². The summed E-state index contributed by atoms with van der Waals surface area (Å²) in [4.78, 5) is 11.8. The van der Waals surface area contributed by atoms with E-state index in [4.69, 9.17) is 0 Å². The summed E-state index contributed by atoms with van der Waals surface area (Å²) in [7, 11) is 0. The number of rotatable bonds is 2. The van der Waals surface area contributed by atoms with Crippen molar-refractivity contribution in [2.45, 2.75) is 6.18 Å². The maximum atomic E-state index is 13.1. The van der Waals surface area contributed by atoms with Gasteiger partial charge in [-0.2, -0.15) is 13.2 Å². The van der Waals surface area contributed by atoms with Gasteiger partial charge >= 0.3 is 6.18 Å². The van der Waals surface area contributed by atoms with Crippen LogP contribution >= 0.6 is 27.3 Å². The van der Waals surface area contributed by atoms with Crippen LogP contribution in [-0.4, -0.2) is 5.91 Å². The van der Waals surface area contributed by atoms with Gasteiger partial charge in [-0.3, -0.25) is 4.79 Å². The fourth-order valence-corrected chi connectivity index (χ4v) is 2.59. The molecule has 8 heteroatoms. The zero-order valence-electron chi connectivity index (χ0n) is 9.59. The van der Waals surface area contributed by atoms with Gasteiger partial charge in [0.2, 0.25) is 0 Å². The highest BCUT2D eigenvalue weighted by Gasteiger charge is 2.34. The Kier molecular flexibility index (Phi) is 4.14. The quantitative estimate of drug-likeness (QED) is 0.749. The zero-order valence-corrected chi connectivity index (χ0v) is 12.0. The smallest absolute Gasteiger partial charge is 0.322 e. The summed E-state index contributed by atoms with van der Waals surface area (Å²) < 4.78 is 51.4. The average Bonchev–Trinajstić information content (AvgIpc) is 2.77. The van der Waals surface area contributed by atoms with E-state index in [1.54, 1.807) is 5.38 Å². The molecule has 20 heavy (non-hydrogen) atoms. The summed E-state index contributed by atoms with van der Waals surface area (Å²) in [5, 5.41) is 3.84. The lowest BCUT2D eigenvalue weighted by molar-refractivity contribution is -0.139. The van der Waals surface area contributed by atoms with Crippen molar-refractivity contribution in [1.82, 2.24) is 0 Å². The molecule has 0 bridgehead atoms. The number of benzene rings is 1. The van der Waals surface area contributed by atoms with Gasteiger partial charge in [0.05, 0.1) is 14.9 Å². The Morgan fingerprint density at radius 1 is 1.25 bits per heavy atom. The predicted octanol–water partition coefficient (Wildman–Crippen LogP) is 4.92. The third-order valence-electron chi connectivity index (χ3n) is 2.36. The van der Waals surface area contributed by atoms with Crippen LogP contribution in [0.25, 0.3) is 0 Å². The molecule has 0 atom stereocenters. The van der Waals surface area contributed by atoms with Gasteiger partial charge in [0.15, 0.2) is 0 Å². The van der Waals surface area contributed by atoms with Crippen LogP contribution in [0.3, 0.4) is 0 Å². The van der Waals surface area contributed by atoms with Gasteiger partial charge in [0, 0.05) is 11.1 Å². The minimum Gasteiger partial charge on any atom is -0.322 e. The third kappa shape index (κ3) is 3.37. The summed E-state index contributed by atoms with van der Waals surface area (Å²) in [6.45, 7) is 0. The van der Waals surface area contributed by atoms with Crippen molar-refractivity contribution >= 4 is 38.9 Å². The minimum absolute atomic E-state index is 0.119. The lowest BCUT2D eigenvalue weighted by Crippen LogP contribution is -2.13. The second kappa shape index (κ2) is 5.53. The fourth-order valence-electron chi connectivity index (χ4n) is 1.45. The molecule has 0 radical (unpaired) electrons. The van der Waals surface area contributed by atoms with Crippen LogP contribution in [0.4, 0.5) is 23.2 Å². The van der Waals surface area contributed by atoms with Gasteiger partial charge in [-0.25, -0.2) is 4.39 Å². The molecular formula is C12H6BrF4NOS. The molecule has 0 unspecified atom stereocenters. The van der Waals surface area contributed by atoms with Crippen LogP contribution < -0.4 is 5.32 Å². The van der Waals surface area contributed by atoms with Gasteiger partial charge in [0.1, 0.15) is 5.82 Å². The highest BCUT2D eigenvalue weighted by atomic mass is 79.9. The SMILES string of the molecule is O=C(Nc1ccc(F)c(C(F)(F)F)c1)c1csc(Br)c1. The molecule has 2 nitrogen and oxygen atoms in total. The number of thiophene rings is 1. The molecule has 1 heterocycles. The molecule has 2 aromatic rings. The predicted molar refractivity (Wildman–Crippen MR) is 71.4 cm³/mol. The molecule has 0 aliphatic heterocycles. The number of carbonyl (C=O) groups is 1. The topological polar surface area (TPSA) is 29.1 Å². The molecule has 1 N–H and O–H groups in total. The van der Waals surface area contributed by atoms with Crippen molar-refractivity contribution < 1.29 is 22.4 Å². The van der Waals surface area contributed by atoms with Crippen molar-refractivity contribution in [3.8, 4) is 0 Å². The van der Waals surface area contributed by atoms with Crippen LogP contribution in [-0.2, 0) is 6.18 Å². The molecular weight excluding hydrogens is 362 g/mol. The van der Waals surface area contributed by atoms with Crippen LogP contribution in [0.15, 0.2) is 33.4 Å². The molecule has 1 aromatic heterocycles. The summed E-state index contributed by atoms with van der Waals surface area (Å²) in [6, 6.07) is 3.84. The average molecular weight is 368 g/mol. The van der Waals surface area contributed by atoms with E-state index in [0.717, 1.165) is 9.85 Å². The number of hydrogen-bond donors (Lipinski definition) is 1. The molecule has 1 aromatic carbocycles. The number of carbonyl (C=O) groups excluding carboxylic acids is 1. The largest absolute Gasteiger partial charge is 0.419 e. The molecule has 0 aliphatic rings. The van der Waals surface area contributed by atoms with Crippen LogP contribution in [0.1, 0.15) is 15.9 Å². The van der Waals surface area contributed by atoms with Crippen molar-refractivity contribution in [2.24, 2.45) is 0 Å². The first kappa shape index (κ1) is 15.0. The Hall–Kier alpha value is -1.41. The zero-order chi connectivity index (χ0) is 14.9. The second-order valence-electron chi connectivity index (χ2n) is 3.79. The maximum absolute atomic E-state index is 13.1. The summed E-state index contributed by atoms with van der Waals surface area (Å²) in [5.41, 5.74) is -1.23. The van der Waals surface area contributed by atoms with E-state index in [2.05, 4.69) is 21.2 Å². The normalized spacial score (nSPS) is 11.4. The Bertz CT molecular complexity index is 653. The van der Waals surface area contributed by atoms with Gasteiger partial charge in [-0.1, -0.05) is 0 Å². The minimum atomic E-state index is -4.81. The van der Waals surface area contributed by atoms with E-state index in [1.807, 2.05) is 0 Å². The molecule has 0 spiro atoms. The Morgan fingerprint density at radius 2 is 1.95 bits per heavy atom. The Morgan fingerprint density at radius 3 is 2.50 bits per heavy atom. The number of amides is 1. The molecule has 0 saturated heterocycles. The number of anilines is 1. The number of nitrogens with one attached hydrogen (secondary N) is 1. The number of alkyl halides is 3. The Balaban J connectivity index is 2.24. The van der Waals surface area contributed by atoms with Gasteiger partial charge in [0.25, 0.3) is 5.91 Å². The lowest BCUT2D eigenvalue weighted by atomic mass is 10.1. The first-order chi connectivity index (χ1) is 9.27. The van der Waals surface area contributed by atoms with E-state index in [-0.39, 0.29) is 5.69 Å². The number of hydrogen-bond acceptors (Lipinski definition) is 2. The first-order valence-electron chi connectivity index (χ1n) is 5.19. The summed E-state index contributed by atoms with van der Waals surface area (Å²) >= 11 is 4.44. The van der Waals surface area contributed by atoms with E-state index in [0.29, 0.717) is 17.7 Å². The van der Waals surface area contributed by atoms with Crippen LogP contribution in [0, 0.1) is 5.82 Å². The monoisotopic (exact) mass is 367 g/mol. The lowest BCUT2D eigenvalue weighted by Gasteiger charge is -2.10. The molecule has 2 rings (SSSR count). The first-order valence-corrected chi connectivity index (χ1v) is 6.87. The second-order valence-corrected chi connectivity index (χ2v) is 6.08. The molecule has 1 amide bonds. The maximum Gasteiger partial charge on any atom is 0.419 e. The van der Waals surface area contributed by atoms with Crippen LogP contribution in [0.5, 0.6) is 0 Å². The van der Waals surface area contributed by atoms with Crippen molar-refractivity contribution in [3.63, 3.8) is 0 Å². The Labute approximate surface area is 123 Å². The van der Waals surface area contributed by atoms with Crippen molar-refractivity contribution in [1.29, 1.82) is 0 Å². The highest BCUT2D eigenvalue weighted by Crippen LogP contribution is 2.33. The van der Waals surface area contributed by atoms with Gasteiger partial charge in [-0.15, -0.1) is 11.3 Å². The molecule has 106 valence electrons. The molecule has 0 aliphatic carbocycles. The van der Waals surface area contributed by atoms with E-state index < -0.39 is 23.5 Å². The molecule has 0 saturated carbocycles. The molecule has 0 fully saturated rings. The van der Waals surface area contributed by atoms with Crippen molar-refractivity contribution in [3.05, 3.63) is 50.4 Å².